The molecule has 0 radical (unpaired) electrons. The number of hydrogen-bond donors (Lipinski definition) is 1. The minimum atomic E-state index is -0.945. The van der Waals surface area contributed by atoms with Crippen molar-refractivity contribution in [2.45, 2.75) is 6.92 Å². The van der Waals surface area contributed by atoms with E-state index in [0.29, 0.717) is 6.61 Å². The lowest BCUT2D eigenvalue weighted by Crippen LogP contribution is -1.90. The first-order valence-electron chi connectivity index (χ1n) is 4.36. The fourth-order valence-corrected chi connectivity index (χ4v) is 1.01. The second-order valence-electron chi connectivity index (χ2n) is 2.67. The van der Waals surface area contributed by atoms with Crippen molar-refractivity contribution in [1.29, 1.82) is 0 Å². The molecule has 1 aromatic rings. The first kappa shape index (κ1) is 13.5. The van der Waals surface area contributed by atoms with Gasteiger partial charge in [-0.3, -0.25) is 0 Å². The topological polar surface area (TPSA) is 46.5 Å². The highest BCUT2D eigenvalue weighted by Crippen LogP contribution is 2.12. The Kier molecular flexibility index (Phi) is 6.22. The van der Waals surface area contributed by atoms with E-state index in [1.165, 1.54) is 6.08 Å². The summed E-state index contributed by atoms with van der Waals surface area (Å²) in [5, 5.41) is 8.40. The highest BCUT2D eigenvalue weighted by atomic mass is 35.5. The van der Waals surface area contributed by atoms with Crippen LogP contribution in [0.5, 0.6) is 5.75 Å². The van der Waals surface area contributed by atoms with Crippen molar-refractivity contribution >= 4 is 24.5 Å². The molecule has 0 bridgehead atoms. The van der Waals surface area contributed by atoms with Gasteiger partial charge in [-0.15, -0.1) is 12.4 Å². The van der Waals surface area contributed by atoms with E-state index in [1.807, 2.05) is 31.2 Å². The molecule has 0 atom stereocenters. The van der Waals surface area contributed by atoms with Gasteiger partial charge in [-0.25, -0.2) is 4.79 Å². The van der Waals surface area contributed by atoms with Crippen molar-refractivity contribution in [2.75, 3.05) is 6.61 Å². The summed E-state index contributed by atoms with van der Waals surface area (Å²) in [4.78, 5) is 10.2. The summed E-state index contributed by atoms with van der Waals surface area (Å²) < 4.78 is 5.25. The molecule has 0 amide bonds. The number of ether oxygens (including phenoxy) is 1. The zero-order valence-electron chi connectivity index (χ0n) is 8.34. The van der Waals surface area contributed by atoms with Crippen molar-refractivity contribution < 1.29 is 14.6 Å². The molecule has 0 saturated heterocycles. The smallest absolute Gasteiger partial charge is 0.328 e. The average Bonchev–Trinajstić information content (AvgIpc) is 2.17. The number of rotatable bonds is 4. The molecule has 15 heavy (non-hydrogen) atoms. The second kappa shape index (κ2) is 6.90. The first-order chi connectivity index (χ1) is 6.72. The monoisotopic (exact) mass is 228 g/mol. The van der Waals surface area contributed by atoms with Gasteiger partial charge in [0.1, 0.15) is 5.75 Å². The number of carboxylic acids is 1. The van der Waals surface area contributed by atoms with Crippen molar-refractivity contribution in [1.82, 2.24) is 0 Å². The number of benzene rings is 1. The number of hydrogen-bond acceptors (Lipinski definition) is 2. The average molecular weight is 229 g/mol. The molecule has 0 fully saturated rings. The molecule has 0 unspecified atom stereocenters. The molecule has 0 aromatic heterocycles. The molecule has 0 aliphatic carbocycles. The lowest BCUT2D eigenvalue weighted by Gasteiger charge is -2.01. The Hall–Kier alpha value is -1.48. The summed E-state index contributed by atoms with van der Waals surface area (Å²) in [6.45, 7) is 2.54. The highest BCUT2D eigenvalue weighted by molar-refractivity contribution is 5.85. The summed E-state index contributed by atoms with van der Waals surface area (Å²) in [5.41, 5.74) is 0.843. The van der Waals surface area contributed by atoms with Crippen molar-refractivity contribution in [3.05, 3.63) is 35.9 Å². The van der Waals surface area contributed by atoms with E-state index >= 15 is 0 Å². The van der Waals surface area contributed by atoms with Gasteiger partial charge >= 0.3 is 5.97 Å². The Bertz CT molecular complexity index is 330. The normalized spacial score (nSPS) is 9.67. The van der Waals surface area contributed by atoms with E-state index in [4.69, 9.17) is 9.84 Å². The van der Waals surface area contributed by atoms with Crippen LogP contribution in [0.4, 0.5) is 0 Å². The van der Waals surface area contributed by atoms with Crippen LogP contribution >= 0.6 is 12.4 Å². The van der Waals surface area contributed by atoms with Crippen LogP contribution in [0.1, 0.15) is 12.5 Å². The standard InChI is InChI=1S/C11H12O3.ClH/c1-2-14-10-6-3-9(4-7-10)5-8-11(12)13;/h3-8H,2H2,1H3,(H,12,13);1H. The summed E-state index contributed by atoms with van der Waals surface area (Å²) in [6, 6.07) is 7.24. The van der Waals surface area contributed by atoms with Gasteiger partial charge in [0.2, 0.25) is 0 Å². The van der Waals surface area contributed by atoms with E-state index in [1.54, 1.807) is 0 Å². The lowest BCUT2D eigenvalue weighted by atomic mass is 10.2. The number of aliphatic carboxylic acids is 1. The summed E-state index contributed by atoms with van der Waals surface area (Å²) >= 11 is 0. The predicted octanol–water partition coefficient (Wildman–Crippen LogP) is 2.60. The third-order valence-corrected chi connectivity index (χ3v) is 1.61. The van der Waals surface area contributed by atoms with Crippen molar-refractivity contribution in [3.63, 3.8) is 0 Å². The van der Waals surface area contributed by atoms with Crippen molar-refractivity contribution in [3.8, 4) is 5.75 Å². The van der Waals surface area contributed by atoms with Crippen LogP contribution in [0.15, 0.2) is 30.3 Å². The number of carbonyl (C=O) groups is 1. The van der Waals surface area contributed by atoms with Gasteiger partial charge in [0, 0.05) is 6.08 Å². The Balaban J connectivity index is 0.00000196. The largest absolute Gasteiger partial charge is 0.494 e. The maximum Gasteiger partial charge on any atom is 0.328 e. The van der Waals surface area contributed by atoms with Crippen LogP contribution in [-0.2, 0) is 4.79 Å². The molecule has 0 aliphatic rings. The van der Waals surface area contributed by atoms with Gasteiger partial charge in [-0.2, -0.15) is 0 Å². The van der Waals surface area contributed by atoms with Crippen LogP contribution in [0.25, 0.3) is 6.08 Å². The SMILES string of the molecule is CCOc1ccc(C=CC(=O)O)cc1.Cl. The summed E-state index contributed by atoms with van der Waals surface area (Å²) in [7, 11) is 0. The van der Waals surface area contributed by atoms with Gasteiger partial charge in [0.25, 0.3) is 0 Å². The molecule has 1 N–H and O–H groups in total. The van der Waals surface area contributed by atoms with Gasteiger partial charge in [-0.05, 0) is 30.7 Å². The van der Waals surface area contributed by atoms with Crippen LogP contribution in [-0.4, -0.2) is 17.7 Å². The maximum absolute atomic E-state index is 10.2. The Morgan fingerprint density at radius 2 is 2.00 bits per heavy atom. The second-order valence-corrected chi connectivity index (χ2v) is 2.67. The Labute approximate surface area is 94.8 Å². The molecule has 0 heterocycles. The molecule has 4 heteroatoms. The Morgan fingerprint density at radius 3 is 2.47 bits per heavy atom. The molecule has 82 valence electrons. The molecule has 3 nitrogen and oxygen atoms in total. The van der Waals surface area contributed by atoms with Crippen LogP contribution in [0.3, 0.4) is 0 Å². The fraction of sp³-hybridized carbons (Fsp3) is 0.182. The highest BCUT2D eigenvalue weighted by Gasteiger charge is 1.92. The summed E-state index contributed by atoms with van der Waals surface area (Å²) in [5.74, 6) is -0.154. The van der Waals surface area contributed by atoms with Gasteiger partial charge in [0.05, 0.1) is 6.61 Å². The lowest BCUT2D eigenvalue weighted by molar-refractivity contribution is -0.131. The minimum absolute atomic E-state index is 0. The zero-order valence-corrected chi connectivity index (χ0v) is 9.16. The molecule has 0 aliphatic heterocycles. The van der Waals surface area contributed by atoms with Crippen LogP contribution < -0.4 is 4.74 Å². The number of carboxylic acid groups (broad SMARTS) is 1. The predicted molar refractivity (Wildman–Crippen MR) is 61.5 cm³/mol. The van der Waals surface area contributed by atoms with E-state index in [-0.39, 0.29) is 12.4 Å². The van der Waals surface area contributed by atoms with E-state index in [9.17, 15) is 4.79 Å². The van der Waals surface area contributed by atoms with E-state index < -0.39 is 5.97 Å². The van der Waals surface area contributed by atoms with E-state index in [2.05, 4.69) is 0 Å². The molecular formula is C11H13ClO3. The first-order valence-corrected chi connectivity index (χ1v) is 4.36. The maximum atomic E-state index is 10.2. The molecule has 0 spiro atoms. The summed E-state index contributed by atoms with van der Waals surface area (Å²) in [6.07, 6.45) is 2.65. The molecule has 1 rings (SSSR count). The van der Waals surface area contributed by atoms with Crippen LogP contribution in [0, 0.1) is 0 Å². The van der Waals surface area contributed by atoms with Gasteiger partial charge in [-0.1, -0.05) is 12.1 Å². The minimum Gasteiger partial charge on any atom is -0.494 e. The van der Waals surface area contributed by atoms with E-state index in [0.717, 1.165) is 17.4 Å². The molecule has 0 saturated carbocycles. The quantitative estimate of drug-likeness (QED) is 0.806. The molecule has 1 aromatic carbocycles. The zero-order chi connectivity index (χ0) is 10.4. The fourth-order valence-electron chi connectivity index (χ4n) is 1.01. The van der Waals surface area contributed by atoms with Crippen molar-refractivity contribution in [2.24, 2.45) is 0 Å². The van der Waals surface area contributed by atoms with Crippen LogP contribution in [0.2, 0.25) is 0 Å². The third kappa shape index (κ3) is 5.08. The van der Waals surface area contributed by atoms with Gasteiger partial charge < -0.3 is 9.84 Å². The Morgan fingerprint density at radius 1 is 1.40 bits per heavy atom. The number of halogens is 1. The van der Waals surface area contributed by atoms with Gasteiger partial charge in [0.15, 0.2) is 0 Å². The third-order valence-electron chi connectivity index (χ3n) is 1.61. The molecular weight excluding hydrogens is 216 g/mol.